The first kappa shape index (κ1) is 20.2. The van der Waals surface area contributed by atoms with Gasteiger partial charge in [-0.25, -0.2) is 0 Å². The first-order valence-electron chi connectivity index (χ1n) is 10.2. The fraction of sp³-hybridized carbons (Fsp3) is 0.333. The molecule has 30 heavy (non-hydrogen) atoms. The Morgan fingerprint density at radius 1 is 1.13 bits per heavy atom. The molecule has 0 aliphatic carbocycles. The van der Waals surface area contributed by atoms with Crippen molar-refractivity contribution >= 4 is 5.91 Å². The fourth-order valence-electron chi connectivity index (χ4n) is 3.93. The Kier molecular flexibility index (Phi) is 5.86. The third-order valence-corrected chi connectivity index (χ3v) is 5.69. The minimum atomic E-state index is 0.00943. The Bertz CT molecular complexity index is 1060. The van der Waals surface area contributed by atoms with E-state index in [1.165, 1.54) is 16.8 Å². The standard InChI is InChI=1S/C24H27N3O3/c1-17-7-4-5-8-19(17)15-30-16-22-21-14-27(12-11-23(21)26(2)25-22)24(28)18-9-6-10-20(13-18)29-3/h4-10,13H,11-12,14-16H2,1-3H3. The molecule has 0 N–H and O–H groups in total. The lowest BCUT2D eigenvalue weighted by atomic mass is 10.0. The van der Waals surface area contributed by atoms with Crippen LogP contribution in [0, 0.1) is 6.92 Å². The third kappa shape index (κ3) is 4.09. The zero-order valence-electron chi connectivity index (χ0n) is 17.7. The molecule has 1 amide bonds. The Hall–Kier alpha value is -3.12. The highest BCUT2D eigenvalue weighted by Gasteiger charge is 2.27. The van der Waals surface area contributed by atoms with E-state index in [-0.39, 0.29) is 5.91 Å². The number of fused-ring (bicyclic) bond motifs is 1. The predicted octanol–water partition coefficient (Wildman–Crippen LogP) is 3.65. The average molecular weight is 405 g/mol. The lowest BCUT2D eigenvalue weighted by Crippen LogP contribution is -2.36. The molecule has 0 unspecified atom stereocenters. The first-order chi connectivity index (χ1) is 14.6. The highest BCUT2D eigenvalue weighted by Crippen LogP contribution is 2.25. The molecule has 6 nitrogen and oxygen atoms in total. The number of methoxy groups -OCH3 is 1. The summed E-state index contributed by atoms with van der Waals surface area (Å²) >= 11 is 0. The summed E-state index contributed by atoms with van der Waals surface area (Å²) in [4.78, 5) is 14.9. The number of hydrogen-bond acceptors (Lipinski definition) is 4. The van der Waals surface area contributed by atoms with Crippen LogP contribution in [0.1, 0.15) is 38.4 Å². The molecule has 0 spiro atoms. The third-order valence-electron chi connectivity index (χ3n) is 5.69. The Balaban J connectivity index is 1.47. The van der Waals surface area contributed by atoms with Crippen LogP contribution in [0.5, 0.6) is 5.75 Å². The minimum absolute atomic E-state index is 0.00943. The van der Waals surface area contributed by atoms with E-state index in [1.54, 1.807) is 13.2 Å². The average Bonchev–Trinajstić information content (AvgIpc) is 3.09. The molecule has 0 bridgehead atoms. The van der Waals surface area contributed by atoms with E-state index in [9.17, 15) is 4.79 Å². The number of benzene rings is 2. The highest BCUT2D eigenvalue weighted by atomic mass is 16.5. The molecule has 2 heterocycles. The molecule has 0 saturated carbocycles. The number of aryl methyl sites for hydroxylation is 2. The second-order valence-corrected chi connectivity index (χ2v) is 7.62. The van der Waals surface area contributed by atoms with E-state index < -0.39 is 0 Å². The summed E-state index contributed by atoms with van der Waals surface area (Å²) in [7, 11) is 3.57. The molecule has 1 aliphatic heterocycles. The molecule has 2 aromatic carbocycles. The van der Waals surface area contributed by atoms with Gasteiger partial charge in [-0.2, -0.15) is 5.10 Å². The van der Waals surface area contributed by atoms with Crippen molar-refractivity contribution in [3.8, 4) is 5.75 Å². The number of nitrogens with zero attached hydrogens (tertiary/aromatic N) is 3. The van der Waals surface area contributed by atoms with Crippen molar-refractivity contribution in [2.45, 2.75) is 33.1 Å². The SMILES string of the molecule is COc1cccc(C(=O)N2CCc3c(c(COCc4ccccc4C)nn3C)C2)c1. The quantitative estimate of drug-likeness (QED) is 0.628. The van der Waals surface area contributed by atoms with Gasteiger partial charge >= 0.3 is 0 Å². The van der Waals surface area contributed by atoms with Crippen LogP contribution in [0.2, 0.25) is 0 Å². The lowest BCUT2D eigenvalue weighted by molar-refractivity contribution is 0.0727. The Labute approximate surface area is 177 Å². The van der Waals surface area contributed by atoms with Crippen LogP contribution in [-0.4, -0.2) is 34.2 Å². The van der Waals surface area contributed by atoms with Crippen LogP contribution in [0.4, 0.5) is 0 Å². The van der Waals surface area contributed by atoms with Gasteiger partial charge in [-0.05, 0) is 36.2 Å². The number of rotatable bonds is 6. The molecular weight excluding hydrogens is 378 g/mol. The normalized spacial score (nSPS) is 13.2. The van der Waals surface area contributed by atoms with Crippen molar-refractivity contribution in [3.63, 3.8) is 0 Å². The number of aromatic nitrogens is 2. The smallest absolute Gasteiger partial charge is 0.254 e. The number of amides is 1. The van der Waals surface area contributed by atoms with E-state index in [0.29, 0.717) is 37.6 Å². The van der Waals surface area contributed by atoms with Crippen molar-refractivity contribution in [1.29, 1.82) is 0 Å². The van der Waals surface area contributed by atoms with Crippen molar-refractivity contribution in [2.75, 3.05) is 13.7 Å². The van der Waals surface area contributed by atoms with E-state index in [4.69, 9.17) is 9.47 Å². The number of carbonyl (C=O) groups is 1. The van der Waals surface area contributed by atoms with Crippen LogP contribution in [0.25, 0.3) is 0 Å². The van der Waals surface area contributed by atoms with Gasteiger partial charge in [0, 0.05) is 43.4 Å². The maximum atomic E-state index is 13.0. The summed E-state index contributed by atoms with van der Waals surface area (Å²) in [6.07, 6.45) is 0.784. The molecule has 4 rings (SSSR count). The highest BCUT2D eigenvalue weighted by molar-refractivity contribution is 5.94. The van der Waals surface area contributed by atoms with Crippen LogP contribution in [-0.2, 0) is 38.0 Å². The topological polar surface area (TPSA) is 56.6 Å². The number of ether oxygens (including phenoxy) is 2. The van der Waals surface area contributed by atoms with Gasteiger partial charge in [0.1, 0.15) is 5.75 Å². The lowest BCUT2D eigenvalue weighted by Gasteiger charge is -2.28. The number of hydrogen-bond donors (Lipinski definition) is 0. The van der Waals surface area contributed by atoms with Gasteiger partial charge in [-0.3, -0.25) is 9.48 Å². The van der Waals surface area contributed by atoms with Gasteiger partial charge in [0.2, 0.25) is 0 Å². The molecule has 6 heteroatoms. The summed E-state index contributed by atoms with van der Waals surface area (Å²) in [6.45, 7) is 4.28. The second kappa shape index (κ2) is 8.71. The van der Waals surface area contributed by atoms with E-state index >= 15 is 0 Å². The summed E-state index contributed by atoms with van der Waals surface area (Å²) in [6, 6.07) is 15.5. The van der Waals surface area contributed by atoms with Crippen molar-refractivity contribution in [2.24, 2.45) is 7.05 Å². The summed E-state index contributed by atoms with van der Waals surface area (Å²) in [5.41, 5.74) is 6.22. The van der Waals surface area contributed by atoms with Crippen LogP contribution >= 0.6 is 0 Å². The van der Waals surface area contributed by atoms with E-state index in [2.05, 4.69) is 24.2 Å². The molecule has 1 aromatic heterocycles. The number of carbonyl (C=O) groups excluding carboxylic acids is 1. The van der Waals surface area contributed by atoms with Crippen molar-refractivity contribution < 1.29 is 14.3 Å². The van der Waals surface area contributed by atoms with Crippen LogP contribution in [0.3, 0.4) is 0 Å². The first-order valence-corrected chi connectivity index (χ1v) is 10.2. The molecule has 0 saturated heterocycles. The molecule has 0 atom stereocenters. The molecule has 1 aliphatic rings. The largest absolute Gasteiger partial charge is 0.497 e. The van der Waals surface area contributed by atoms with Crippen LogP contribution < -0.4 is 4.74 Å². The van der Waals surface area contributed by atoms with Gasteiger partial charge in [-0.1, -0.05) is 30.3 Å². The molecule has 3 aromatic rings. The van der Waals surface area contributed by atoms with Crippen molar-refractivity contribution in [3.05, 3.63) is 82.2 Å². The second-order valence-electron chi connectivity index (χ2n) is 7.62. The summed E-state index contributed by atoms with van der Waals surface area (Å²) in [5.74, 6) is 0.695. The Morgan fingerprint density at radius 3 is 2.77 bits per heavy atom. The van der Waals surface area contributed by atoms with Gasteiger partial charge in [0.15, 0.2) is 0 Å². The fourth-order valence-corrected chi connectivity index (χ4v) is 3.93. The van der Waals surface area contributed by atoms with Gasteiger partial charge in [0.05, 0.1) is 26.0 Å². The zero-order valence-corrected chi connectivity index (χ0v) is 17.7. The van der Waals surface area contributed by atoms with E-state index in [0.717, 1.165) is 17.7 Å². The maximum Gasteiger partial charge on any atom is 0.254 e. The Morgan fingerprint density at radius 2 is 1.97 bits per heavy atom. The van der Waals surface area contributed by atoms with Gasteiger partial charge in [-0.15, -0.1) is 0 Å². The summed E-state index contributed by atoms with van der Waals surface area (Å²) in [5, 5.41) is 4.67. The van der Waals surface area contributed by atoms with E-state index in [1.807, 2.05) is 47.0 Å². The molecular formula is C24H27N3O3. The molecule has 156 valence electrons. The maximum absolute atomic E-state index is 13.0. The molecule has 0 fully saturated rings. The predicted molar refractivity (Wildman–Crippen MR) is 114 cm³/mol. The van der Waals surface area contributed by atoms with Gasteiger partial charge in [0.25, 0.3) is 5.91 Å². The zero-order chi connectivity index (χ0) is 21.1. The van der Waals surface area contributed by atoms with Crippen molar-refractivity contribution in [1.82, 2.24) is 14.7 Å². The van der Waals surface area contributed by atoms with Gasteiger partial charge < -0.3 is 14.4 Å². The monoisotopic (exact) mass is 405 g/mol. The summed E-state index contributed by atoms with van der Waals surface area (Å²) < 4.78 is 13.2. The molecule has 0 radical (unpaired) electrons. The minimum Gasteiger partial charge on any atom is -0.497 e. The van der Waals surface area contributed by atoms with Crippen LogP contribution in [0.15, 0.2) is 48.5 Å².